The third-order valence-electron chi connectivity index (χ3n) is 6.28. The van der Waals surface area contributed by atoms with E-state index >= 15 is 0 Å². The Hall–Kier alpha value is -3.87. The molecular weight excluding hydrogens is 414 g/mol. The number of aromatic nitrogens is 4. The van der Waals surface area contributed by atoms with E-state index in [1.807, 2.05) is 66.9 Å². The molecular formula is C26H25N5O2. The van der Waals surface area contributed by atoms with Gasteiger partial charge in [0, 0.05) is 72.6 Å². The van der Waals surface area contributed by atoms with Gasteiger partial charge in [-0.25, -0.2) is 0 Å². The molecule has 4 aromatic rings. The molecule has 166 valence electrons. The lowest BCUT2D eigenvalue weighted by Crippen LogP contribution is -2.40. The minimum absolute atomic E-state index is 0.0367. The molecule has 0 bridgehead atoms. The fourth-order valence-corrected chi connectivity index (χ4v) is 4.39. The number of carbonyl (C=O) groups is 2. The van der Waals surface area contributed by atoms with Crippen LogP contribution in [0.25, 0.3) is 22.0 Å². The number of amides is 1. The summed E-state index contributed by atoms with van der Waals surface area (Å²) in [4.78, 5) is 36.4. The lowest BCUT2D eigenvalue weighted by atomic mass is 9.90. The van der Waals surface area contributed by atoms with Crippen LogP contribution < -0.4 is 0 Å². The van der Waals surface area contributed by atoms with Crippen molar-refractivity contribution in [3.63, 3.8) is 0 Å². The molecule has 1 aliphatic heterocycles. The van der Waals surface area contributed by atoms with Crippen LogP contribution in [0.5, 0.6) is 0 Å². The van der Waals surface area contributed by atoms with Gasteiger partial charge in [-0.1, -0.05) is 18.2 Å². The summed E-state index contributed by atoms with van der Waals surface area (Å²) in [5, 5.41) is 5.18. The smallest absolute Gasteiger partial charge is 0.253 e. The average molecular weight is 440 g/mol. The summed E-state index contributed by atoms with van der Waals surface area (Å²) < 4.78 is 1.76. The normalized spacial score (nSPS) is 14.5. The summed E-state index contributed by atoms with van der Waals surface area (Å²) in [6.07, 6.45) is 8.98. The molecule has 0 aliphatic carbocycles. The van der Waals surface area contributed by atoms with E-state index in [-0.39, 0.29) is 17.6 Å². The maximum absolute atomic E-state index is 13.0. The SMILES string of the molecule is Cn1cc(-c2cnc3cnc(CC(=O)C4CCN(C(=O)c5ccccc5)CC4)cc3c2)cn1. The maximum atomic E-state index is 13.0. The number of hydrogen-bond acceptors (Lipinski definition) is 5. The van der Waals surface area contributed by atoms with E-state index in [2.05, 4.69) is 21.1 Å². The molecule has 1 aromatic carbocycles. The van der Waals surface area contributed by atoms with Crippen LogP contribution in [0, 0.1) is 5.92 Å². The van der Waals surface area contributed by atoms with Gasteiger partial charge in [0.15, 0.2) is 0 Å². The number of likely N-dealkylation sites (tertiary alicyclic amines) is 1. The van der Waals surface area contributed by atoms with E-state index in [0.717, 1.165) is 27.7 Å². The third-order valence-corrected chi connectivity index (χ3v) is 6.28. The van der Waals surface area contributed by atoms with Gasteiger partial charge < -0.3 is 4.90 Å². The first-order valence-corrected chi connectivity index (χ1v) is 11.2. The van der Waals surface area contributed by atoms with E-state index in [0.29, 0.717) is 37.9 Å². The van der Waals surface area contributed by atoms with Gasteiger partial charge in [0.25, 0.3) is 5.91 Å². The number of pyridine rings is 2. The molecule has 0 radical (unpaired) electrons. The fraction of sp³-hybridized carbons (Fsp3) is 0.269. The van der Waals surface area contributed by atoms with E-state index < -0.39 is 0 Å². The average Bonchev–Trinajstić information content (AvgIpc) is 3.30. The molecule has 3 aromatic heterocycles. The number of ketones is 1. The molecule has 7 nitrogen and oxygen atoms in total. The molecule has 1 amide bonds. The second-order valence-electron chi connectivity index (χ2n) is 8.57. The minimum Gasteiger partial charge on any atom is -0.339 e. The van der Waals surface area contributed by atoms with Gasteiger partial charge in [-0.3, -0.25) is 24.2 Å². The monoisotopic (exact) mass is 439 g/mol. The predicted octanol–water partition coefficient (Wildman–Crippen LogP) is 3.69. The van der Waals surface area contributed by atoms with Crippen molar-refractivity contribution in [3.8, 4) is 11.1 Å². The highest BCUT2D eigenvalue weighted by molar-refractivity contribution is 5.94. The Morgan fingerprint density at radius 2 is 1.76 bits per heavy atom. The molecule has 0 saturated carbocycles. The first-order chi connectivity index (χ1) is 16.1. The van der Waals surface area contributed by atoms with Crippen molar-refractivity contribution in [2.45, 2.75) is 19.3 Å². The zero-order chi connectivity index (χ0) is 22.8. The number of fused-ring (bicyclic) bond motifs is 1. The van der Waals surface area contributed by atoms with E-state index in [1.54, 1.807) is 10.9 Å². The van der Waals surface area contributed by atoms with E-state index in [9.17, 15) is 9.59 Å². The second kappa shape index (κ2) is 8.94. The Labute approximate surface area is 192 Å². The fourth-order valence-electron chi connectivity index (χ4n) is 4.39. The molecule has 1 aliphatic rings. The topological polar surface area (TPSA) is 81.0 Å². The third kappa shape index (κ3) is 4.53. The summed E-state index contributed by atoms with van der Waals surface area (Å²) in [7, 11) is 1.88. The molecule has 1 saturated heterocycles. The van der Waals surface area contributed by atoms with Gasteiger partial charge in [-0.15, -0.1) is 0 Å². The molecule has 5 rings (SSSR count). The molecule has 0 unspecified atom stereocenters. The zero-order valence-electron chi connectivity index (χ0n) is 18.5. The van der Waals surface area contributed by atoms with Gasteiger partial charge in [-0.05, 0) is 37.1 Å². The van der Waals surface area contributed by atoms with Crippen molar-refractivity contribution >= 4 is 22.6 Å². The van der Waals surface area contributed by atoms with Gasteiger partial charge in [0.05, 0.1) is 17.9 Å². The minimum atomic E-state index is -0.0397. The number of carbonyl (C=O) groups excluding carboxylic acids is 2. The van der Waals surface area contributed by atoms with Crippen LogP contribution >= 0.6 is 0 Å². The van der Waals surface area contributed by atoms with Crippen LogP contribution in [0.15, 0.2) is 67.3 Å². The Bertz CT molecular complexity index is 1310. The quantitative estimate of drug-likeness (QED) is 0.474. The van der Waals surface area contributed by atoms with E-state index in [4.69, 9.17) is 0 Å². The molecule has 0 spiro atoms. The Balaban J connectivity index is 1.24. The summed E-state index contributed by atoms with van der Waals surface area (Å²) in [5.41, 5.74) is 4.22. The number of piperidine rings is 1. The van der Waals surface area contributed by atoms with Crippen LogP contribution in [0.1, 0.15) is 28.9 Å². The Kier molecular flexibility index (Phi) is 5.69. The molecule has 4 heterocycles. The first-order valence-electron chi connectivity index (χ1n) is 11.2. The second-order valence-corrected chi connectivity index (χ2v) is 8.57. The summed E-state index contributed by atoms with van der Waals surface area (Å²) in [6.45, 7) is 1.21. The first kappa shape index (κ1) is 21.0. The van der Waals surface area contributed by atoms with Crippen molar-refractivity contribution < 1.29 is 9.59 Å². The van der Waals surface area contributed by atoms with Crippen molar-refractivity contribution in [2.75, 3.05) is 13.1 Å². The molecule has 0 N–H and O–H groups in total. The van der Waals surface area contributed by atoms with Gasteiger partial charge in [0.2, 0.25) is 0 Å². The van der Waals surface area contributed by atoms with Crippen molar-refractivity contribution in [3.05, 3.63) is 78.5 Å². The summed E-state index contributed by atoms with van der Waals surface area (Å²) in [5.74, 6) is 0.182. The predicted molar refractivity (Wildman–Crippen MR) is 126 cm³/mol. The molecule has 7 heteroatoms. The Morgan fingerprint density at radius 3 is 2.48 bits per heavy atom. The highest BCUT2D eigenvalue weighted by atomic mass is 16.2. The van der Waals surface area contributed by atoms with Crippen LogP contribution in [0.4, 0.5) is 0 Å². The van der Waals surface area contributed by atoms with Gasteiger partial charge in [-0.2, -0.15) is 5.10 Å². The summed E-state index contributed by atoms with van der Waals surface area (Å²) >= 11 is 0. The molecule has 1 fully saturated rings. The standard InChI is InChI=1S/C26H25N5O2/c1-30-17-22(15-29-30)21-11-20-12-23(27-16-24(20)28-14-21)13-25(32)18-7-9-31(10-8-18)26(33)19-5-3-2-4-6-19/h2-6,11-12,14-18H,7-10,13H2,1H3. The number of nitrogens with zero attached hydrogens (tertiary/aromatic N) is 5. The largest absolute Gasteiger partial charge is 0.339 e. The van der Waals surface area contributed by atoms with Gasteiger partial charge in [0.1, 0.15) is 5.78 Å². The van der Waals surface area contributed by atoms with Crippen LogP contribution in [-0.4, -0.2) is 49.4 Å². The number of rotatable bonds is 5. The van der Waals surface area contributed by atoms with Crippen molar-refractivity contribution in [1.82, 2.24) is 24.6 Å². The maximum Gasteiger partial charge on any atom is 0.253 e. The van der Waals surface area contributed by atoms with Gasteiger partial charge >= 0.3 is 0 Å². The highest BCUT2D eigenvalue weighted by Gasteiger charge is 2.28. The Morgan fingerprint density at radius 1 is 0.970 bits per heavy atom. The zero-order valence-corrected chi connectivity index (χ0v) is 18.5. The highest BCUT2D eigenvalue weighted by Crippen LogP contribution is 2.24. The van der Waals surface area contributed by atoms with Crippen molar-refractivity contribution in [1.29, 1.82) is 0 Å². The lowest BCUT2D eigenvalue weighted by Gasteiger charge is -2.31. The number of Topliss-reactive ketones (excluding diaryl/α,β-unsaturated/α-hetero) is 1. The number of hydrogen-bond donors (Lipinski definition) is 0. The van der Waals surface area contributed by atoms with Crippen LogP contribution in [0.3, 0.4) is 0 Å². The van der Waals surface area contributed by atoms with Crippen LogP contribution in [-0.2, 0) is 18.3 Å². The molecule has 0 atom stereocenters. The lowest BCUT2D eigenvalue weighted by molar-refractivity contribution is -0.123. The van der Waals surface area contributed by atoms with Crippen molar-refractivity contribution in [2.24, 2.45) is 13.0 Å². The number of aryl methyl sites for hydroxylation is 1. The summed E-state index contributed by atoms with van der Waals surface area (Å²) in [6, 6.07) is 13.3. The molecule has 33 heavy (non-hydrogen) atoms. The number of benzene rings is 1. The van der Waals surface area contributed by atoms with E-state index in [1.165, 1.54) is 0 Å². The van der Waals surface area contributed by atoms with Crippen LogP contribution in [0.2, 0.25) is 0 Å².